The van der Waals surface area contributed by atoms with Gasteiger partial charge in [-0.25, -0.2) is 9.97 Å². The first-order valence-electron chi connectivity index (χ1n) is 7.93. The highest BCUT2D eigenvalue weighted by Gasteiger charge is 2.19. The van der Waals surface area contributed by atoms with Gasteiger partial charge in [-0.05, 0) is 31.2 Å². The van der Waals surface area contributed by atoms with Crippen LogP contribution in [0.5, 0.6) is 0 Å². The largest absolute Gasteiger partial charge is 0.361 e. The molecular weight excluding hydrogens is 324 g/mol. The van der Waals surface area contributed by atoms with Crippen LogP contribution in [0.15, 0.2) is 41.1 Å². The van der Waals surface area contributed by atoms with Crippen LogP contribution in [0, 0.1) is 6.92 Å². The maximum Gasteiger partial charge on any atom is 0.159 e. The van der Waals surface area contributed by atoms with Crippen molar-refractivity contribution in [3.8, 4) is 11.4 Å². The molecular formula is C18H17ClN4O. The predicted octanol–water partition coefficient (Wildman–Crippen LogP) is 3.65. The molecule has 0 aliphatic carbocycles. The van der Waals surface area contributed by atoms with Gasteiger partial charge in [0, 0.05) is 54.5 Å². The topological polar surface area (TPSA) is 55.1 Å². The summed E-state index contributed by atoms with van der Waals surface area (Å²) in [4.78, 5) is 11.6. The van der Waals surface area contributed by atoms with E-state index in [1.807, 2.05) is 43.5 Å². The highest BCUT2D eigenvalue weighted by molar-refractivity contribution is 6.30. The van der Waals surface area contributed by atoms with Crippen LogP contribution >= 0.6 is 11.6 Å². The van der Waals surface area contributed by atoms with E-state index in [9.17, 15) is 0 Å². The van der Waals surface area contributed by atoms with E-state index in [0.717, 1.165) is 59.6 Å². The smallest absolute Gasteiger partial charge is 0.159 e. The number of aryl methyl sites for hydroxylation is 1. The fourth-order valence-corrected chi connectivity index (χ4v) is 3.10. The lowest BCUT2D eigenvalue weighted by molar-refractivity contribution is 0.235. The van der Waals surface area contributed by atoms with Gasteiger partial charge < -0.3 is 4.52 Å². The van der Waals surface area contributed by atoms with Crippen molar-refractivity contribution in [3.63, 3.8) is 0 Å². The number of hydrogen-bond donors (Lipinski definition) is 0. The second-order valence-electron chi connectivity index (χ2n) is 6.06. The molecule has 122 valence electrons. The van der Waals surface area contributed by atoms with Crippen LogP contribution in [-0.4, -0.2) is 26.6 Å². The zero-order valence-corrected chi connectivity index (χ0v) is 14.1. The van der Waals surface area contributed by atoms with E-state index >= 15 is 0 Å². The summed E-state index contributed by atoms with van der Waals surface area (Å²) in [5.41, 5.74) is 4.26. The third-order valence-electron chi connectivity index (χ3n) is 4.18. The number of rotatable bonds is 3. The van der Waals surface area contributed by atoms with Crippen molar-refractivity contribution in [1.82, 2.24) is 20.0 Å². The molecule has 1 aromatic carbocycles. The Morgan fingerprint density at radius 2 is 2.08 bits per heavy atom. The normalized spacial score (nSPS) is 14.6. The van der Waals surface area contributed by atoms with Gasteiger partial charge in [0.2, 0.25) is 0 Å². The fourth-order valence-electron chi connectivity index (χ4n) is 2.97. The molecule has 1 aliphatic rings. The van der Waals surface area contributed by atoms with Crippen molar-refractivity contribution >= 4 is 11.6 Å². The molecule has 3 heterocycles. The summed E-state index contributed by atoms with van der Waals surface area (Å²) >= 11 is 5.94. The van der Waals surface area contributed by atoms with Gasteiger partial charge in [0.15, 0.2) is 5.82 Å². The van der Waals surface area contributed by atoms with Gasteiger partial charge in [-0.3, -0.25) is 4.90 Å². The molecule has 4 rings (SSSR count). The third kappa shape index (κ3) is 3.18. The Kier molecular flexibility index (Phi) is 4.04. The van der Waals surface area contributed by atoms with E-state index in [0.29, 0.717) is 0 Å². The molecule has 0 N–H and O–H groups in total. The third-order valence-corrected chi connectivity index (χ3v) is 4.43. The molecule has 0 fully saturated rings. The molecule has 0 saturated heterocycles. The summed E-state index contributed by atoms with van der Waals surface area (Å²) in [5.74, 6) is 1.60. The summed E-state index contributed by atoms with van der Waals surface area (Å²) in [6, 6.07) is 9.61. The van der Waals surface area contributed by atoms with Crippen molar-refractivity contribution in [2.75, 3.05) is 6.54 Å². The molecule has 6 heteroatoms. The number of aromatic nitrogens is 3. The van der Waals surface area contributed by atoms with Crippen molar-refractivity contribution in [3.05, 3.63) is 64.3 Å². The molecule has 24 heavy (non-hydrogen) atoms. The Morgan fingerprint density at radius 1 is 1.25 bits per heavy atom. The van der Waals surface area contributed by atoms with Crippen LogP contribution in [-0.2, 0) is 19.5 Å². The van der Waals surface area contributed by atoms with Gasteiger partial charge >= 0.3 is 0 Å². The second-order valence-corrected chi connectivity index (χ2v) is 6.50. The molecule has 1 aliphatic heterocycles. The van der Waals surface area contributed by atoms with Crippen LogP contribution < -0.4 is 0 Å². The van der Waals surface area contributed by atoms with E-state index in [4.69, 9.17) is 21.1 Å². The zero-order chi connectivity index (χ0) is 16.5. The highest BCUT2D eigenvalue weighted by atomic mass is 35.5. The minimum Gasteiger partial charge on any atom is -0.361 e. The minimum absolute atomic E-state index is 0.718. The number of fused-ring (bicyclic) bond motifs is 1. The summed E-state index contributed by atoms with van der Waals surface area (Å²) in [6.45, 7) is 4.49. The zero-order valence-electron chi connectivity index (χ0n) is 13.4. The molecule has 0 unspecified atom stereocenters. The van der Waals surface area contributed by atoms with E-state index in [1.165, 1.54) is 5.56 Å². The molecule has 0 radical (unpaired) electrons. The summed E-state index contributed by atoms with van der Waals surface area (Å²) in [6.07, 6.45) is 2.85. The van der Waals surface area contributed by atoms with Crippen LogP contribution in [0.2, 0.25) is 5.02 Å². The quantitative estimate of drug-likeness (QED) is 0.728. The lowest BCUT2D eigenvalue weighted by Crippen LogP contribution is -2.31. The molecule has 5 nitrogen and oxygen atoms in total. The first-order valence-corrected chi connectivity index (χ1v) is 8.30. The van der Waals surface area contributed by atoms with E-state index < -0.39 is 0 Å². The Balaban J connectivity index is 1.52. The summed E-state index contributed by atoms with van der Waals surface area (Å²) in [7, 11) is 0. The minimum atomic E-state index is 0.718. The van der Waals surface area contributed by atoms with E-state index in [2.05, 4.69) is 15.0 Å². The molecule has 0 bridgehead atoms. The monoisotopic (exact) mass is 340 g/mol. The van der Waals surface area contributed by atoms with Crippen molar-refractivity contribution in [2.45, 2.75) is 26.4 Å². The summed E-state index contributed by atoms with van der Waals surface area (Å²) in [5, 5.41) is 4.79. The number of benzene rings is 1. The van der Waals surface area contributed by atoms with Crippen molar-refractivity contribution in [2.24, 2.45) is 0 Å². The molecule has 0 atom stereocenters. The van der Waals surface area contributed by atoms with Gasteiger partial charge in [-0.15, -0.1) is 0 Å². The lowest BCUT2D eigenvalue weighted by atomic mass is 10.1. The fraction of sp³-hybridized carbons (Fsp3) is 0.278. The van der Waals surface area contributed by atoms with Gasteiger partial charge in [0.1, 0.15) is 5.76 Å². The average Bonchev–Trinajstić information content (AvgIpc) is 3.00. The SMILES string of the molecule is Cc1cc(CN2CCc3nc(-c4ccc(Cl)cc4)ncc3C2)no1. The number of hydrogen-bond acceptors (Lipinski definition) is 5. The summed E-state index contributed by atoms with van der Waals surface area (Å²) < 4.78 is 5.14. The first-order chi connectivity index (χ1) is 11.7. The van der Waals surface area contributed by atoms with Gasteiger partial charge in [0.05, 0.1) is 11.4 Å². The number of nitrogens with zero attached hydrogens (tertiary/aromatic N) is 4. The first kappa shape index (κ1) is 15.3. The van der Waals surface area contributed by atoms with Gasteiger partial charge in [-0.2, -0.15) is 0 Å². The molecule has 0 amide bonds. The maximum atomic E-state index is 5.94. The Labute approximate surface area is 145 Å². The van der Waals surface area contributed by atoms with E-state index in [1.54, 1.807) is 0 Å². The van der Waals surface area contributed by atoms with E-state index in [-0.39, 0.29) is 0 Å². The highest BCUT2D eigenvalue weighted by Crippen LogP contribution is 2.23. The van der Waals surface area contributed by atoms with Crippen LogP contribution in [0.3, 0.4) is 0 Å². The number of halogens is 1. The second kappa shape index (κ2) is 6.34. The van der Waals surface area contributed by atoms with Crippen molar-refractivity contribution < 1.29 is 4.52 Å². The predicted molar refractivity (Wildman–Crippen MR) is 91.5 cm³/mol. The maximum absolute atomic E-state index is 5.94. The molecule has 0 saturated carbocycles. The van der Waals surface area contributed by atoms with Gasteiger partial charge in [-0.1, -0.05) is 16.8 Å². The van der Waals surface area contributed by atoms with Crippen LogP contribution in [0.1, 0.15) is 22.7 Å². The Bertz CT molecular complexity index is 860. The average molecular weight is 341 g/mol. The Morgan fingerprint density at radius 3 is 2.83 bits per heavy atom. The van der Waals surface area contributed by atoms with Gasteiger partial charge in [0.25, 0.3) is 0 Å². The molecule has 0 spiro atoms. The standard InChI is InChI=1S/C18H17ClN4O/c1-12-8-16(22-24-12)11-23-7-6-17-14(10-23)9-20-18(21-17)13-2-4-15(19)5-3-13/h2-5,8-9H,6-7,10-11H2,1H3. The van der Waals surface area contributed by atoms with Crippen molar-refractivity contribution in [1.29, 1.82) is 0 Å². The van der Waals surface area contributed by atoms with Crippen LogP contribution in [0.25, 0.3) is 11.4 Å². The van der Waals surface area contributed by atoms with Crippen LogP contribution in [0.4, 0.5) is 0 Å². The Hall–Kier alpha value is -2.24. The lowest BCUT2D eigenvalue weighted by Gasteiger charge is -2.27. The molecule has 3 aromatic rings. The molecule has 2 aromatic heterocycles.